The van der Waals surface area contributed by atoms with Gasteiger partial charge in [-0.2, -0.15) is 5.01 Å². The fourth-order valence-corrected chi connectivity index (χ4v) is 5.08. The Morgan fingerprint density at radius 3 is 1.58 bits per heavy atom. The fraction of sp³-hybridized carbons (Fsp3) is 0.263. The molecule has 250 valence electrons. The van der Waals surface area contributed by atoms with Crippen molar-refractivity contribution in [2.24, 2.45) is 11.8 Å². The number of unbranched alkanes of at least 4 members (excludes halogenated alkanes) is 2. The molecule has 4 aromatic rings. The highest BCUT2D eigenvalue weighted by Gasteiger charge is 2.39. The molecular weight excluding hydrogens is 608 g/mol. The van der Waals surface area contributed by atoms with Gasteiger partial charge in [0.15, 0.2) is 0 Å². The van der Waals surface area contributed by atoms with Crippen LogP contribution in [-0.4, -0.2) is 28.9 Å². The number of nitrogens with one attached hydrogen (secondary N) is 1. The highest BCUT2D eigenvalue weighted by Crippen LogP contribution is 2.29. The number of carbonyl (C=O) groups excluding carboxylic acids is 3. The third-order valence-corrected chi connectivity index (χ3v) is 7.67. The number of para-hydroxylation sites is 4. The Labute approximate surface area is 281 Å². The van der Waals surface area contributed by atoms with Gasteiger partial charge in [-0.3, -0.25) is 19.8 Å². The van der Waals surface area contributed by atoms with Crippen LogP contribution in [0.2, 0.25) is 0 Å². The Balaban J connectivity index is 1.77. The number of amides is 2. The second-order valence-corrected chi connectivity index (χ2v) is 11.2. The van der Waals surface area contributed by atoms with Crippen molar-refractivity contribution in [2.75, 3.05) is 20.6 Å². The fourth-order valence-electron chi connectivity index (χ4n) is 5.08. The van der Waals surface area contributed by atoms with E-state index in [-0.39, 0.29) is 24.2 Å². The highest BCUT2D eigenvalue weighted by atomic mass is 16.7. The zero-order valence-electron chi connectivity index (χ0n) is 27.3. The minimum atomic E-state index is -1.41. The van der Waals surface area contributed by atoms with Gasteiger partial charge in [-0.15, -0.1) is 5.17 Å². The summed E-state index contributed by atoms with van der Waals surface area (Å²) in [6, 6.07) is 34.9. The zero-order chi connectivity index (χ0) is 34.3. The van der Waals surface area contributed by atoms with Crippen molar-refractivity contribution in [3.05, 3.63) is 121 Å². The van der Waals surface area contributed by atoms with Crippen LogP contribution in [-0.2, 0) is 24.0 Å². The molecule has 48 heavy (non-hydrogen) atoms. The summed E-state index contributed by atoms with van der Waals surface area (Å²) < 4.78 is 0. The first kappa shape index (κ1) is 35.2. The second-order valence-electron chi connectivity index (χ2n) is 11.2. The number of anilines is 4. The molecule has 0 bridgehead atoms. The van der Waals surface area contributed by atoms with Crippen molar-refractivity contribution >= 4 is 46.5 Å². The van der Waals surface area contributed by atoms with E-state index in [1.54, 1.807) is 97.1 Å². The number of hydrazine groups is 2. The van der Waals surface area contributed by atoms with Crippen LogP contribution in [0.1, 0.15) is 52.4 Å². The van der Waals surface area contributed by atoms with Crippen LogP contribution >= 0.6 is 0 Å². The lowest BCUT2D eigenvalue weighted by Gasteiger charge is -2.36. The minimum Gasteiger partial charge on any atom is -0.481 e. The van der Waals surface area contributed by atoms with Crippen LogP contribution in [0.15, 0.2) is 121 Å². The van der Waals surface area contributed by atoms with Gasteiger partial charge < -0.3 is 9.94 Å². The van der Waals surface area contributed by atoms with Crippen molar-refractivity contribution in [3.63, 3.8) is 0 Å². The number of carbonyl (C=O) groups is 4. The summed E-state index contributed by atoms with van der Waals surface area (Å²) in [5.41, 5.74) is 4.86. The summed E-state index contributed by atoms with van der Waals surface area (Å²) in [6.07, 6.45) is 2.72. The first-order valence-electron chi connectivity index (χ1n) is 16.2. The average molecular weight is 651 g/mol. The topological polar surface area (TPSA) is 119 Å². The Morgan fingerprint density at radius 1 is 0.625 bits per heavy atom. The molecule has 0 saturated carbocycles. The second kappa shape index (κ2) is 17.9. The number of benzene rings is 4. The number of hydrogen-bond acceptors (Lipinski definition) is 7. The molecule has 0 aliphatic heterocycles. The molecule has 10 nitrogen and oxygen atoms in total. The highest BCUT2D eigenvalue weighted by molar-refractivity contribution is 6.09. The van der Waals surface area contributed by atoms with Crippen LogP contribution < -0.4 is 20.6 Å². The van der Waals surface area contributed by atoms with Gasteiger partial charge in [-0.05, 0) is 61.4 Å². The molecule has 0 aromatic heterocycles. The molecule has 0 radical (unpaired) electrons. The van der Waals surface area contributed by atoms with E-state index >= 15 is 0 Å². The molecule has 0 spiro atoms. The number of hydrogen-bond donors (Lipinski definition) is 2. The normalized spacial score (nSPS) is 11.9. The Bertz CT molecular complexity index is 1610. The first-order valence-corrected chi connectivity index (χ1v) is 16.2. The summed E-state index contributed by atoms with van der Waals surface area (Å²) in [4.78, 5) is 61.3. The standard InChI is InChI=1S/C38H42N4O6/c1-3-5-27-33(37(45)46)36(44)41(31-23-15-9-16-24-31)42(32-25-17-10-18-26-32)48-38(47)34(28-6-4-2)35(43)40(30-21-13-8-14-22-30)39-29-19-11-7-12-20-29/h7-26,33-34,39H,3-6,27-28H2,1-2H3,(H,45,46). The lowest BCUT2D eigenvalue weighted by molar-refractivity contribution is -0.154. The van der Waals surface area contributed by atoms with Gasteiger partial charge in [-0.25, -0.2) is 9.80 Å². The number of rotatable bonds is 17. The van der Waals surface area contributed by atoms with Crippen molar-refractivity contribution in [1.29, 1.82) is 0 Å². The van der Waals surface area contributed by atoms with E-state index in [4.69, 9.17) is 4.84 Å². The van der Waals surface area contributed by atoms with E-state index in [9.17, 15) is 24.3 Å². The van der Waals surface area contributed by atoms with Crippen LogP contribution in [0.25, 0.3) is 0 Å². The molecule has 10 heteroatoms. The van der Waals surface area contributed by atoms with Gasteiger partial charge in [0.2, 0.25) is 0 Å². The van der Waals surface area contributed by atoms with Crippen molar-refractivity contribution in [1.82, 2.24) is 0 Å². The summed E-state index contributed by atoms with van der Waals surface area (Å²) >= 11 is 0. The van der Waals surface area contributed by atoms with Gasteiger partial charge in [0, 0.05) is 0 Å². The summed E-state index contributed by atoms with van der Waals surface area (Å²) in [6.45, 7) is 3.87. The molecule has 2 amide bonds. The van der Waals surface area contributed by atoms with Crippen LogP contribution in [0, 0.1) is 11.8 Å². The number of aliphatic carboxylic acids is 1. The van der Waals surface area contributed by atoms with Gasteiger partial charge in [0.25, 0.3) is 11.8 Å². The van der Waals surface area contributed by atoms with Gasteiger partial charge >= 0.3 is 11.9 Å². The maximum absolute atomic E-state index is 14.4. The molecule has 2 unspecified atom stereocenters. The maximum Gasteiger partial charge on any atom is 0.347 e. The Kier molecular flexibility index (Phi) is 13.1. The molecule has 0 saturated heterocycles. The third-order valence-electron chi connectivity index (χ3n) is 7.67. The molecule has 0 aliphatic carbocycles. The van der Waals surface area contributed by atoms with Crippen LogP contribution in [0.3, 0.4) is 0 Å². The van der Waals surface area contributed by atoms with E-state index in [1.807, 2.05) is 38.1 Å². The molecular formula is C38H42N4O6. The Morgan fingerprint density at radius 2 is 1.08 bits per heavy atom. The van der Waals surface area contributed by atoms with Crippen molar-refractivity contribution < 1.29 is 29.1 Å². The third kappa shape index (κ3) is 9.22. The number of carboxylic acids is 1. The quantitative estimate of drug-likeness (QED) is 0.0883. The molecule has 0 fully saturated rings. The molecule has 0 aliphatic rings. The largest absolute Gasteiger partial charge is 0.481 e. The molecule has 4 aromatic carbocycles. The van der Waals surface area contributed by atoms with Crippen molar-refractivity contribution in [3.8, 4) is 0 Å². The average Bonchev–Trinajstić information content (AvgIpc) is 3.12. The number of carboxylic acid groups (broad SMARTS) is 1. The first-order chi connectivity index (χ1) is 23.3. The molecule has 4 rings (SSSR count). The molecule has 2 N–H and O–H groups in total. The van der Waals surface area contributed by atoms with E-state index in [2.05, 4.69) is 5.43 Å². The van der Waals surface area contributed by atoms with Gasteiger partial charge in [0.05, 0.1) is 17.1 Å². The van der Waals surface area contributed by atoms with Crippen LogP contribution in [0.4, 0.5) is 22.7 Å². The number of nitrogens with zero attached hydrogens (tertiary/aromatic N) is 3. The summed E-state index contributed by atoms with van der Waals surface area (Å²) in [7, 11) is 0. The molecule has 0 heterocycles. The zero-order valence-corrected chi connectivity index (χ0v) is 27.3. The monoisotopic (exact) mass is 650 g/mol. The van der Waals surface area contributed by atoms with Crippen molar-refractivity contribution in [2.45, 2.75) is 52.4 Å². The minimum absolute atomic E-state index is 0.0966. The lowest BCUT2D eigenvalue weighted by atomic mass is 10.0. The van der Waals surface area contributed by atoms with Crippen LogP contribution in [0.5, 0.6) is 0 Å². The SMILES string of the molecule is CCCCC(C(=O)ON(c1ccccc1)N(C(=O)C(CCCC)C(=O)O)c1ccccc1)C(=O)N(Nc1ccccc1)c1ccccc1. The van der Waals surface area contributed by atoms with Gasteiger partial charge in [0.1, 0.15) is 17.5 Å². The molecule has 2 atom stereocenters. The maximum atomic E-state index is 14.4. The van der Waals surface area contributed by atoms with Gasteiger partial charge in [-0.1, -0.05) is 112 Å². The van der Waals surface area contributed by atoms with E-state index in [1.165, 1.54) is 5.01 Å². The van der Waals surface area contributed by atoms with E-state index in [0.29, 0.717) is 37.1 Å². The Hall–Kier alpha value is -5.64. The van der Waals surface area contributed by atoms with E-state index < -0.39 is 35.6 Å². The summed E-state index contributed by atoms with van der Waals surface area (Å²) in [5.74, 6) is -6.21. The smallest absolute Gasteiger partial charge is 0.347 e. The van der Waals surface area contributed by atoms with E-state index in [0.717, 1.165) is 10.2 Å². The predicted octanol–water partition coefficient (Wildman–Crippen LogP) is 7.66. The predicted molar refractivity (Wildman–Crippen MR) is 187 cm³/mol. The summed E-state index contributed by atoms with van der Waals surface area (Å²) in [5, 5.41) is 13.5. The lowest BCUT2D eigenvalue weighted by Crippen LogP contribution is -2.53.